The molecule has 0 aliphatic heterocycles. The number of rotatable bonds is 0. The first kappa shape index (κ1) is 17.3. The summed E-state index contributed by atoms with van der Waals surface area (Å²) in [6.07, 6.45) is 0. The molecule has 0 N–H and O–H groups in total. The van der Waals surface area contributed by atoms with Crippen LogP contribution in [0.25, 0.3) is 0 Å². The summed E-state index contributed by atoms with van der Waals surface area (Å²) in [5.74, 6) is 0. The summed E-state index contributed by atoms with van der Waals surface area (Å²) in [7, 11) is 0. The largest absolute Gasteiger partial charge is 0.197 e. The first-order valence-electron chi connectivity index (χ1n) is 0.167. The van der Waals surface area contributed by atoms with E-state index in [0.717, 1.165) is 0 Å². The van der Waals surface area contributed by atoms with Crippen LogP contribution in [0.15, 0.2) is 0 Å². The van der Waals surface area contributed by atoms with Crippen LogP contribution < -0.4 is 0 Å². The topological polar surface area (TPSA) is 17.1 Å². The van der Waals surface area contributed by atoms with Gasteiger partial charge in [-0.25, -0.2) is 0 Å². The summed E-state index contributed by atoms with van der Waals surface area (Å²) >= 11 is 2.83. The first-order chi connectivity index (χ1) is 1.00. The number of hydrogen-bond donors (Lipinski definition) is 0. The standard InChI is InChI=1S/Cd.Nb.OS/c;;1-2. The molecule has 4 heavy (non-hydrogen) atoms. The fourth-order valence-corrected chi connectivity index (χ4v) is 0. The van der Waals surface area contributed by atoms with Gasteiger partial charge in [-0.3, -0.25) is 0 Å². The fraction of sp³-hybridized carbons (Fsp3) is 0. The van der Waals surface area contributed by atoms with Crippen molar-refractivity contribution in [2.45, 2.75) is 0 Å². The quantitative estimate of drug-likeness (QED) is 0.549. The van der Waals surface area contributed by atoms with E-state index in [9.17, 15) is 0 Å². The van der Waals surface area contributed by atoms with Gasteiger partial charge in [-0.05, 0) is 0 Å². The minimum Gasteiger partial charge on any atom is -0.197 e. The van der Waals surface area contributed by atoms with Gasteiger partial charge in [0.15, 0.2) is 12.5 Å². The third-order valence-electron chi connectivity index (χ3n) is 0. The second kappa shape index (κ2) is 22.4. The van der Waals surface area contributed by atoms with E-state index in [0.29, 0.717) is 0 Å². The second-order valence-electron chi connectivity index (χ2n) is 0. The first-order valence-corrected chi connectivity index (χ1v) is 0.500. The zero-order valence-electron chi connectivity index (χ0n) is 1.97. The summed E-state index contributed by atoms with van der Waals surface area (Å²) < 4.78 is 7.83. The molecule has 0 saturated carbocycles. The summed E-state index contributed by atoms with van der Waals surface area (Å²) in [6.45, 7) is 0. The Morgan fingerprint density at radius 3 is 1.25 bits per heavy atom. The normalized spacial score (nSPS) is 1.00. The van der Waals surface area contributed by atoms with E-state index in [4.69, 9.17) is 4.21 Å². The Balaban J connectivity index is -0.00000000500. The van der Waals surface area contributed by atoms with Crippen molar-refractivity contribution in [2.24, 2.45) is 0 Å². The van der Waals surface area contributed by atoms with Gasteiger partial charge in [0, 0.05) is 49.7 Å². The molecule has 0 aromatic carbocycles. The van der Waals surface area contributed by atoms with Crippen molar-refractivity contribution in [1.82, 2.24) is 0 Å². The minimum atomic E-state index is 0. The Kier molecular flexibility index (Phi) is 97.1. The van der Waals surface area contributed by atoms with Crippen LogP contribution in [0.3, 0.4) is 0 Å². The maximum Gasteiger partial charge on any atom is 0.197 e. The predicted molar refractivity (Wildman–Crippen MR) is 8.14 cm³/mol. The molecule has 0 bridgehead atoms. The zero-order valence-corrected chi connectivity index (χ0v) is 9.02. The molecule has 0 aliphatic rings. The maximum atomic E-state index is 7.83. The van der Waals surface area contributed by atoms with Crippen molar-refractivity contribution < 1.29 is 53.9 Å². The van der Waals surface area contributed by atoms with Gasteiger partial charge in [-0.15, -0.1) is 0 Å². The average Bonchev–Trinajstić information content (AvgIpc) is 1.00. The molecule has 0 amide bonds. The summed E-state index contributed by atoms with van der Waals surface area (Å²) in [5.41, 5.74) is 0. The molecule has 0 unspecified atom stereocenters. The monoisotopic (exact) mass is 255 g/mol. The van der Waals surface area contributed by atoms with E-state index in [1.165, 1.54) is 0 Å². The van der Waals surface area contributed by atoms with Crippen molar-refractivity contribution in [3.05, 3.63) is 0 Å². The van der Waals surface area contributed by atoms with Crippen molar-refractivity contribution >= 4 is 12.5 Å². The van der Waals surface area contributed by atoms with Crippen molar-refractivity contribution in [1.29, 1.82) is 0 Å². The van der Waals surface area contributed by atoms with Gasteiger partial charge < -0.3 is 0 Å². The van der Waals surface area contributed by atoms with E-state index >= 15 is 0 Å². The van der Waals surface area contributed by atoms with Gasteiger partial charge in [0.05, 0.1) is 0 Å². The molecular weight excluding hydrogens is 253 g/mol. The Morgan fingerprint density at radius 2 is 1.25 bits per heavy atom. The van der Waals surface area contributed by atoms with Crippen LogP contribution in [0.1, 0.15) is 0 Å². The molecule has 0 aliphatic carbocycles. The van der Waals surface area contributed by atoms with Crippen molar-refractivity contribution in [3.63, 3.8) is 0 Å². The summed E-state index contributed by atoms with van der Waals surface area (Å²) in [4.78, 5) is 0. The molecule has 1 nitrogen and oxygen atoms in total. The van der Waals surface area contributed by atoms with Gasteiger partial charge in [0.25, 0.3) is 0 Å². The maximum absolute atomic E-state index is 7.83. The van der Waals surface area contributed by atoms with Crippen LogP contribution in [-0.2, 0) is 62.2 Å². The van der Waals surface area contributed by atoms with Gasteiger partial charge in [-0.1, -0.05) is 0 Å². The smallest absolute Gasteiger partial charge is 0.197 e. The molecule has 4 heteroatoms. The zero-order chi connectivity index (χ0) is 2.00. The predicted octanol–water partition coefficient (Wildman–Crippen LogP) is -0.341. The number of hydrogen-bond acceptors (Lipinski definition) is 2. The Bertz CT molecular complexity index is 8.00. The summed E-state index contributed by atoms with van der Waals surface area (Å²) in [6, 6.07) is 0. The van der Waals surface area contributed by atoms with Crippen LogP contribution in [0, 0.1) is 0 Å². The molecule has 0 spiro atoms. The van der Waals surface area contributed by atoms with E-state index in [1.807, 2.05) is 0 Å². The van der Waals surface area contributed by atoms with E-state index in [2.05, 4.69) is 12.5 Å². The minimum absolute atomic E-state index is 0. The van der Waals surface area contributed by atoms with E-state index in [1.54, 1.807) is 0 Å². The third-order valence-corrected chi connectivity index (χ3v) is 0. The molecule has 0 fully saturated rings. The molecule has 0 rings (SSSR count). The molecule has 1 radical (unpaired) electrons. The van der Waals surface area contributed by atoms with Crippen molar-refractivity contribution in [2.75, 3.05) is 0 Å². The molecule has 0 atom stereocenters. The van der Waals surface area contributed by atoms with Gasteiger partial charge >= 0.3 is 0 Å². The average molecular weight is 253 g/mol. The van der Waals surface area contributed by atoms with Gasteiger partial charge in [0.2, 0.25) is 0 Å². The van der Waals surface area contributed by atoms with Crippen molar-refractivity contribution in [3.8, 4) is 0 Å². The Morgan fingerprint density at radius 1 is 1.25 bits per heavy atom. The third kappa shape index (κ3) is 9.36. The molecular formula is CdNbOS. The van der Waals surface area contributed by atoms with E-state index in [-0.39, 0.29) is 49.7 Å². The Labute approximate surface area is 65.7 Å². The molecule has 19 valence electrons. The van der Waals surface area contributed by atoms with E-state index < -0.39 is 0 Å². The second-order valence-corrected chi connectivity index (χ2v) is 0. The van der Waals surface area contributed by atoms with Gasteiger partial charge in [-0.2, -0.15) is 4.21 Å². The van der Waals surface area contributed by atoms with Crippen LogP contribution in [0.2, 0.25) is 0 Å². The fourth-order valence-electron chi connectivity index (χ4n) is 0. The SMILES string of the molecule is O=S.[Cd].[Nb]. The van der Waals surface area contributed by atoms with Crippen LogP contribution in [0.5, 0.6) is 0 Å². The van der Waals surface area contributed by atoms with Crippen LogP contribution in [-0.4, -0.2) is 4.21 Å². The molecule has 0 saturated heterocycles. The van der Waals surface area contributed by atoms with Crippen LogP contribution in [0.4, 0.5) is 0 Å². The molecule has 0 heterocycles. The molecule has 0 aromatic heterocycles. The summed E-state index contributed by atoms with van der Waals surface area (Å²) in [5, 5.41) is 0. The van der Waals surface area contributed by atoms with Crippen LogP contribution >= 0.6 is 0 Å². The molecule has 0 aromatic rings. The Hall–Kier alpha value is 1.68. The van der Waals surface area contributed by atoms with Gasteiger partial charge in [0.1, 0.15) is 0 Å².